The maximum atomic E-state index is 12.5. The number of hydrogen-bond acceptors (Lipinski definition) is 5. The molecule has 1 aromatic heterocycles. The Balaban J connectivity index is 1.75. The lowest BCUT2D eigenvalue weighted by Gasteiger charge is -2.43. The highest BCUT2D eigenvalue weighted by Gasteiger charge is 2.48. The average molecular weight is 294 g/mol. The van der Waals surface area contributed by atoms with Crippen molar-refractivity contribution in [1.82, 2.24) is 10.1 Å². The molecule has 2 aliphatic rings. The standard InChI is InChI=1S/C15H22N2O4/c1-11-8-13(16-21-11)14(18)17-6-7-20-15(10-17)5-3-4-12(15)9-19-2/h8,12H,3-7,9-10H2,1-2H3/t12-,15-/m0/s1. The van der Waals surface area contributed by atoms with Crippen LogP contribution in [0.2, 0.25) is 0 Å². The monoisotopic (exact) mass is 294 g/mol. The Morgan fingerprint density at radius 2 is 2.48 bits per heavy atom. The van der Waals surface area contributed by atoms with E-state index in [1.54, 1.807) is 20.1 Å². The molecule has 0 radical (unpaired) electrons. The van der Waals surface area contributed by atoms with Crippen molar-refractivity contribution in [2.45, 2.75) is 31.8 Å². The number of amides is 1. The van der Waals surface area contributed by atoms with Crippen molar-refractivity contribution in [1.29, 1.82) is 0 Å². The van der Waals surface area contributed by atoms with Crippen LogP contribution >= 0.6 is 0 Å². The molecule has 6 heteroatoms. The van der Waals surface area contributed by atoms with Crippen molar-refractivity contribution in [3.63, 3.8) is 0 Å². The number of carbonyl (C=O) groups excluding carboxylic acids is 1. The number of nitrogens with zero attached hydrogens (tertiary/aromatic N) is 2. The summed E-state index contributed by atoms with van der Waals surface area (Å²) in [5.41, 5.74) is 0.133. The predicted molar refractivity (Wildman–Crippen MR) is 75.0 cm³/mol. The molecule has 21 heavy (non-hydrogen) atoms. The van der Waals surface area contributed by atoms with Crippen LogP contribution in [0, 0.1) is 12.8 Å². The lowest BCUT2D eigenvalue weighted by Crippen LogP contribution is -2.56. The van der Waals surface area contributed by atoms with Crippen molar-refractivity contribution in [3.8, 4) is 0 Å². The van der Waals surface area contributed by atoms with Gasteiger partial charge in [-0.25, -0.2) is 0 Å². The van der Waals surface area contributed by atoms with E-state index in [-0.39, 0.29) is 11.5 Å². The number of rotatable bonds is 3. The van der Waals surface area contributed by atoms with Gasteiger partial charge in [-0.2, -0.15) is 0 Å². The Hall–Kier alpha value is -1.40. The highest BCUT2D eigenvalue weighted by molar-refractivity contribution is 5.92. The fraction of sp³-hybridized carbons (Fsp3) is 0.733. The van der Waals surface area contributed by atoms with Crippen LogP contribution < -0.4 is 0 Å². The van der Waals surface area contributed by atoms with E-state index in [4.69, 9.17) is 14.0 Å². The topological polar surface area (TPSA) is 64.8 Å². The number of aryl methyl sites for hydroxylation is 1. The Kier molecular flexibility index (Phi) is 3.99. The molecule has 2 heterocycles. The second-order valence-corrected chi connectivity index (χ2v) is 6.01. The van der Waals surface area contributed by atoms with Gasteiger partial charge in [0.05, 0.1) is 25.4 Å². The van der Waals surface area contributed by atoms with Crippen LogP contribution in [0.4, 0.5) is 0 Å². The normalized spacial score (nSPS) is 29.2. The molecule has 0 unspecified atom stereocenters. The van der Waals surface area contributed by atoms with Gasteiger partial charge in [-0.15, -0.1) is 0 Å². The van der Waals surface area contributed by atoms with Crippen molar-refractivity contribution >= 4 is 5.91 Å². The summed E-state index contributed by atoms with van der Waals surface area (Å²) >= 11 is 0. The molecule has 1 saturated carbocycles. The second kappa shape index (κ2) is 5.77. The van der Waals surface area contributed by atoms with Crippen LogP contribution in [0.5, 0.6) is 0 Å². The first-order chi connectivity index (χ1) is 10.1. The van der Waals surface area contributed by atoms with Crippen molar-refractivity contribution < 1.29 is 18.8 Å². The SMILES string of the molecule is COC[C@@H]1CCC[C@]12CN(C(=O)c1cc(C)on1)CCO2. The lowest BCUT2D eigenvalue weighted by atomic mass is 9.89. The first-order valence-corrected chi connectivity index (χ1v) is 7.50. The van der Waals surface area contributed by atoms with Crippen LogP contribution in [0.3, 0.4) is 0 Å². The third-order valence-electron chi connectivity index (χ3n) is 4.61. The van der Waals surface area contributed by atoms with Crippen molar-refractivity contribution in [2.75, 3.05) is 33.4 Å². The molecular formula is C15H22N2O4. The van der Waals surface area contributed by atoms with Gasteiger partial charge in [-0.1, -0.05) is 11.6 Å². The molecule has 3 rings (SSSR count). The fourth-order valence-electron chi connectivity index (χ4n) is 3.56. The van der Waals surface area contributed by atoms with Gasteiger partial charge in [0.2, 0.25) is 0 Å². The van der Waals surface area contributed by atoms with Crippen LogP contribution in [-0.2, 0) is 9.47 Å². The molecule has 1 aliphatic carbocycles. The maximum Gasteiger partial charge on any atom is 0.276 e. The number of ether oxygens (including phenoxy) is 2. The van der Waals surface area contributed by atoms with Gasteiger partial charge >= 0.3 is 0 Å². The highest BCUT2D eigenvalue weighted by Crippen LogP contribution is 2.41. The van der Waals surface area contributed by atoms with E-state index >= 15 is 0 Å². The van der Waals surface area contributed by atoms with Crippen LogP contribution in [0.15, 0.2) is 10.6 Å². The van der Waals surface area contributed by atoms with Gasteiger partial charge in [0.1, 0.15) is 5.76 Å². The van der Waals surface area contributed by atoms with E-state index in [1.165, 1.54) is 0 Å². The van der Waals surface area contributed by atoms with Crippen molar-refractivity contribution in [3.05, 3.63) is 17.5 Å². The zero-order valence-electron chi connectivity index (χ0n) is 12.6. The van der Waals surface area contributed by atoms with E-state index in [2.05, 4.69) is 5.16 Å². The maximum absolute atomic E-state index is 12.5. The minimum Gasteiger partial charge on any atom is -0.384 e. The summed E-state index contributed by atoms with van der Waals surface area (Å²) in [7, 11) is 1.72. The Morgan fingerprint density at radius 3 is 3.19 bits per heavy atom. The van der Waals surface area contributed by atoms with E-state index in [9.17, 15) is 4.79 Å². The number of aromatic nitrogens is 1. The molecule has 2 atom stereocenters. The molecule has 0 N–H and O–H groups in total. The van der Waals surface area contributed by atoms with Gasteiger partial charge in [-0.05, 0) is 19.8 Å². The molecule has 0 aromatic carbocycles. The minimum absolute atomic E-state index is 0.0717. The summed E-state index contributed by atoms with van der Waals surface area (Å²) in [4.78, 5) is 14.4. The number of carbonyl (C=O) groups is 1. The zero-order valence-corrected chi connectivity index (χ0v) is 12.6. The summed E-state index contributed by atoms with van der Waals surface area (Å²) < 4.78 is 16.4. The van der Waals surface area contributed by atoms with Crippen LogP contribution in [-0.4, -0.2) is 55.0 Å². The van der Waals surface area contributed by atoms with E-state index in [0.29, 0.717) is 43.7 Å². The molecule has 0 bridgehead atoms. The van der Waals surface area contributed by atoms with Gasteiger partial charge in [0, 0.05) is 25.6 Å². The summed E-state index contributed by atoms with van der Waals surface area (Å²) in [5.74, 6) is 0.939. The smallest absolute Gasteiger partial charge is 0.276 e. The first-order valence-electron chi connectivity index (χ1n) is 7.50. The third-order valence-corrected chi connectivity index (χ3v) is 4.61. The third kappa shape index (κ3) is 2.70. The molecular weight excluding hydrogens is 272 g/mol. The molecule has 116 valence electrons. The Labute approximate surface area is 124 Å². The van der Waals surface area contributed by atoms with Crippen molar-refractivity contribution in [2.24, 2.45) is 5.92 Å². The quantitative estimate of drug-likeness (QED) is 0.848. The highest BCUT2D eigenvalue weighted by atomic mass is 16.5. The van der Waals surface area contributed by atoms with Crippen LogP contribution in [0.1, 0.15) is 35.5 Å². The molecule has 6 nitrogen and oxygen atoms in total. The number of hydrogen-bond donors (Lipinski definition) is 0. The summed E-state index contributed by atoms with van der Waals surface area (Å²) in [6, 6.07) is 1.69. The Morgan fingerprint density at radius 1 is 1.62 bits per heavy atom. The first kappa shape index (κ1) is 14.5. The summed E-state index contributed by atoms with van der Waals surface area (Å²) in [5, 5.41) is 3.83. The van der Waals surface area contributed by atoms with Gasteiger partial charge < -0.3 is 18.9 Å². The molecule has 1 saturated heterocycles. The second-order valence-electron chi connectivity index (χ2n) is 6.01. The van der Waals surface area contributed by atoms with Gasteiger partial charge in [-0.3, -0.25) is 4.79 Å². The van der Waals surface area contributed by atoms with Gasteiger partial charge in [0.15, 0.2) is 5.69 Å². The Bertz CT molecular complexity index is 516. The number of morpholine rings is 1. The molecule has 1 amide bonds. The predicted octanol–water partition coefficient (Wildman–Crippen LogP) is 1.64. The zero-order chi connectivity index (χ0) is 14.9. The summed E-state index contributed by atoms with van der Waals surface area (Å²) in [6.45, 7) is 4.27. The van der Waals surface area contributed by atoms with Crippen LogP contribution in [0.25, 0.3) is 0 Å². The fourth-order valence-corrected chi connectivity index (χ4v) is 3.56. The molecule has 1 aromatic rings. The number of methoxy groups -OCH3 is 1. The largest absolute Gasteiger partial charge is 0.384 e. The molecule has 1 aliphatic heterocycles. The minimum atomic E-state index is -0.247. The molecule has 1 spiro atoms. The molecule has 2 fully saturated rings. The van der Waals surface area contributed by atoms with E-state index < -0.39 is 0 Å². The van der Waals surface area contributed by atoms with E-state index in [1.807, 2.05) is 4.90 Å². The van der Waals surface area contributed by atoms with Gasteiger partial charge in [0.25, 0.3) is 5.91 Å². The summed E-state index contributed by atoms with van der Waals surface area (Å²) in [6.07, 6.45) is 3.21. The van der Waals surface area contributed by atoms with E-state index in [0.717, 1.165) is 19.3 Å². The average Bonchev–Trinajstić information content (AvgIpc) is 3.07. The lowest BCUT2D eigenvalue weighted by molar-refractivity contribution is -0.131.